The lowest BCUT2D eigenvalue weighted by Crippen LogP contribution is -2.43. The molecule has 2 heterocycles. The Balaban J connectivity index is 2.06. The summed E-state index contributed by atoms with van der Waals surface area (Å²) in [4.78, 5) is 5.72. The number of rotatable bonds is 2. The summed E-state index contributed by atoms with van der Waals surface area (Å²) in [6.07, 6.45) is -2.23. The van der Waals surface area contributed by atoms with Gasteiger partial charge in [0.05, 0.1) is 6.54 Å². The van der Waals surface area contributed by atoms with E-state index in [1.807, 2.05) is 4.90 Å². The van der Waals surface area contributed by atoms with E-state index >= 15 is 0 Å². The minimum Gasteiger partial charge on any atom is -0.314 e. The summed E-state index contributed by atoms with van der Waals surface area (Å²) in [6.45, 7) is 3.38. The highest BCUT2D eigenvalue weighted by atomic mass is 19.4. The van der Waals surface area contributed by atoms with Crippen molar-refractivity contribution in [2.75, 3.05) is 26.2 Å². The number of imidazole rings is 1. The highest BCUT2D eigenvalue weighted by Crippen LogP contribution is 2.24. The van der Waals surface area contributed by atoms with E-state index in [2.05, 4.69) is 10.3 Å². The van der Waals surface area contributed by atoms with Crippen LogP contribution in [0.2, 0.25) is 0 Å². The van der Waals surface area contributed by atoms with Crippen LogP contribution in [0.3, 0.4) is 0 Å². The molecule has 0 unspecified atom stereocenters. The largest absolute Gasteiger partial charge is 0.489 e. The minimum absolute atomic E-state index is 0.0504. The lowest BCUT2D eigenvalue weighted by Gasteiger charge is -2.27. The zero-order valence-electron chi connectivity index (χ0n) is 8.67. The Kier molecular flexibility index (Phi) is 3.15. The SMILES string of the molecule is FC(F)(F)n1ccnc1CN1CCNCC1. The summed E-state index contributed by atoms with van der Waals surface area (Å²) in [5, 5.41) is 3.15. The molecule has 0 aromatic carbocycles. The van der Waals surface area contributed by atoms with Crippen LogP contribution >= 0.6 is 0 Å². The number of nitrogens with zero attached hydrogens (tertiary/aromatic N) is 3. The topological polar surface area (TPSA) is 33.1 Å². The van der Waals surface area contributed by atoms with Crippen LogP contribution in [0, 0.1) is 0 Å². The summed E-state index contributed by atoms with van der Waals surface area (Å²) in [7, 11) is 0. The van der Waals surface area contributed by atoms with Crippen LogP contribution in [-0.2, 0) is 12.8 Å². The monoisotopic (exact) mass is 234 g/mol. The molecule has 0 bridgehead atoms. The lowest BCUT2D eigenvalue weighted by molar-refractivity contribution is -0.206. The molecule has 1 saturated heterocycles. The summed E-state index contributed by atoms with van der Waals surface area (Å²) >= 11 is 0. The second-order valence-corrected chi connectivity index (χ2v) is 3.71. The van der Waals surface area contributed by atoms with Crippen molar-refractivity contribution in [1.29, 1.82) is 0 Å². The van der Waals surface area contributed by atoms with Gasteiger partial charge in [-0.15, -0.1) is 13.2 Å². The Morgan fingerprint density at radius 3 is 2.62 bits per heavy atom. The number of aromatic nitrogens is 2. The van der Waals surface area contributed by atoms with E-state index < -0.39 is 6.30 Å². The third-order valence-electron chi connectivity index (χ3n) is 2.57. The van der Waals surface area contributed by atoms with Crippen LogP contribution in [0.25, 0.3) is 0 Å². The van der Waals surface area contributed by atoms with E-state index in [0.717, 1.165) is 32.4 Å². The molecular formula is C9H13F3N4. The molecule has 0 aliphatic carbocycles. The number of halogens is 3. The fourth-order valence-corrected chi connectivity index (χ4v) is 1.75. The van der Waals surface area contributed by atoms with Gasteiger partial charge in [-0.2, -0.15) is 0 Å². The van der Waals surface area contributed by atoms with Gasteiger partial charge in [0.2, 0.25) is 0 Å². The first kappa shape index (κ1) is 11.4. The van der Waals surface area contributed by atoms with Crippen LogP contribution in [0.1, 0.15) is 5.82 Å². The van der Waals surface area contributed by atoms with Crippen molar-refractivity contribution in [3.63, 3.8) is 0 Å². The second kappa shape index (κ2) is 4.42. The number of hydrogen-bond acceptors (Lipinski definition) is 3. The summed E-state index contributed by atoms with van der Waals surface area (Å²) in [5.74, 6) is 0.0504. The van der Waals surface area contributed by atoms with Gasteiger partial charge in [-0.1, -0.05) is 0 Å². The first-order valence-electron chi connectivity index (χ1n) is 5.10. The summed E-state index contributed by atoms with van der Waals surface area (Å²) in [5.41, 5.74) is 0. The van der Waals surface area contributed by atoms with Gasteiger partial charge in [0.25, 0.3) is 0 Å². The molecule has 0 spiro atoms. The molecule has 7 heteroatoms. The van der Waals surface area contributed by atoms with E-state index in [0.29, 0.717) is 0 Å². The third kappa shape index (κ3) is 2.53. The van der Waals surface area contributed by atoms with Gasteiger partial charge in [-0.3, -0.25) is 4.90 Å². The first-order chi connectivity index (χ1) is 7.57. The predicted octanol–water partition coefficient (Wildman–Crippen LogP) is 0.765. The number of alkyl halides is 3. The summed E-state index contributed by atoms with van der Waals surface area (Å²) in [6, 6.07) is 0. The fraction of sp³-hybridized carbons (Fsp3) is 0.667. The first-order valence-corrected chi connectivity index (χ1v) is 5.10. The zero-order chi connectivity index (χ0) is 11.6. The van der Waals surface area contributed by atoms with Crippen molar-refractivity contribution in [3.8, 4) is 0 Å². The van der Waals surface area contributed by atoms with Crippen LogP contribution in [0.15, 0.2) is 12.4 Å². The molecule has 0 atom stereocenters. The molecule has 1 aliphatic rings. The molecule has 1 aliphatic heterocycles. The smallest absolute Gasteiger partial charge is 0.314 e. The molecule has 2 rings (SSSR count). The van der Waals surface area contributed by atoms with Crippen LogP contribution in [0.4, 0.5) is 13.2 Å². The fourth-order valence-electron chi connectivity index (χ4n) is 1.75. The number of piperazine rings is 1. The molecule has 1 aromatic heterocycles. The molecule has 1 aromatic rings. The molecule has 0 amide bonds. The Bertz CT molecular complexity index is 341. The van der Waals surface area contributed by atoms with E-state index in [4.69, 9.17) is 0 Å². The molecule has 1 N–H and O–H groups in total. The van der Waals surface area contributed by atoms with Gasteiger partial charge in [0.15, 0.2) is 0 Å². The maximum Gasteiger partial charge on any atom is 0.489 e. The molecular weight excluding hydrogens is 221 g/mol. The predicted molar refractivity (Wildman–Crippen MR) is 51.7 cm³/mol. The average molecular weight is 234 g/mol. The van der Waals surface area contributed by atoms with Crippen molar-refractivity contribution >= 4 is 0 Å². The molecule has 1 fully saturated rings. The Labute approximate surface area is 91.1 Å². The van der Waals surface area contributed by atoms with Crippen molar-refractivity contribution in [1.82, 2.24) is 19.8 Å². The molecule has 16 heavy (non-hydrogen) atoms. The van der Waals surface area contributed by atoms with Crippen molar-refractivity contribution in [2.45, 2.75) is 12.8 Å². The van der Waals surface area contributed by atoms with E-state index in [1.165, 1.54) is 6.20 Å². The third-order valence-corrected chi connectivity index (χ3v) is 2.57. The standard InChI is InChI=1S/C9H13F3N4/c10-9(11,12)16-6-3-14-8(16)7-15-4-1-13-2-5-15/h3,6,13H,1-2,4-5,7H2. The Morgan fingerprint density at radius 2 is 2.00 bits per heavy atom. The number of nitrogens with one attached hydrogen (secondary N) is 1. The van der Waals surface area contributed by atoms with Gasteiger partial charge in [-0.25, -0.2) is 9.55 Å². The molecule has 90 valence electrons. The van der Waals surface area contributed by atoms with Crippen molar-refractivity contribution in [2.24, 2.45) is 0 Å². The summed E-state index contributed by atoms with van der Waals surface area (Å²) < 4.78 is 37.9. The highest BCUT2D eigenvalue weighted by Gasteiger charge is 2.33. The van der Waals surface area contributed by atoms with Gasteiger partial charge >= 0.3 is 6.30 Å². The molecule has 4 nitrogen and oxygen atoms in total. The zero-order valence-corrected chi connectivity index (χ0v) is 8.67. The van der Waals surface area contributed by atoms with Crippen LogP contribution in [-0.4, -0.2) is 40.6 Å². The maximum absolute atomic E-state index is 12.5. The highest BCUT2D eigenvalue weighted by molar-refractivity contribution is 4.94. The normalized spacial score (nSPS) is 18.9. The number of hydrogen-bond donors (Lipinski definition) is 1. The van der Waals surface area contributed by atoms with E-state index in [1.54, 1.807) is 0 Å². The van der Waals surface area contributed by atoms with Gasteiger partial charge in [0, 0.05) is 38.6 Å². The van der Waals surface area contributed by atoms with E-state index in [-0.39, 0.29) is 16.9 Å². The van der Waals surface area contributed by atoms with Crippen LogP contribution in [0.5, 0.6) is 0 Å². The molecule has 0 radical (unpaired) electrons. The molecule has 0 saturated carbocycles. The van der Waals surface area contributed by atoms with E-state index in [9.17, 15) is 13.2 Å². The maximum atomic E-state index is 12.5. The Hall–Kier alpha value is -1.08. The average Bonchev–Trinajstić information content (AvgIpc) is 2.67. The van der Waals surface area contributed by atoms with Crippen molar-refractivity contribution in [3.05, 3.63) is 18.2 Å². The Morgan fingerprint density at radius 1 is 1.31 bits per heavy atom. The second-order valence-electron chi connectivity index (χ2n) is 3.71. The van der Waals surface area contributed by atoms with Gasteiger partial charge in [-0.05, 0) is 0 Å². The minimum atomic E-state index is -4.38. The van der Waals surface area contributed by atoms with Gasteiger partial charge < -0.3 is 5.32 Å². The van der Waals surface area contributed by atoms with Crippen LogP contribution < -0.4 is 5.32 Å². The van der Waals surface area contributed by atoms with Crippen molar-refractivity contribution < 1.29 is 13.2 Å². The quantitative estimate of drug-likeness (QED) is 0.820. The van der Waals surface area contributed by atoms with Gasteiger partial charge in [0.1, 0.15) is 5.82 Å². The lowest BCUT2D eigenvalue weighted by atomic mass is 10.3.